The SMILES string of the molecule is COC(=O)CCCn1c(C)cc(C(=O)COC(=O)c2cnc3c(c2)c(C)nn3C)c1C. The lowest BCUT2D eigenvalue weighted by Crippen LogP contribution is -2.15. The molecule has 31 heavy (non-hydrogen) atoms. The van der Waals surface area contributed by atoms with Gasteiger partial charge in [0.15, 0.2) is 12.3 Å². The van der Waals surface area contributed by atoms with E-state index in [-0.39, 0.29) is 23.9 Å². The van der Waals surface area contributed by atoms with E-state index >= 15 is 0 Å². The number of aryl methyl sites for hydroxylation is 3. The van der Waals surface area contributed by atoms with Gasteiger partial charge in [0.25, 0.3) is 0 Å². The molecule has 0 aliphatic carbocycles. The fourth-order valence-electron chi connectivity index (χ4n) is 3.62. The van der Waals surface area contributed by atoms with Gasteiger partial charge in [-0.1, -0.05) is 0 Å². The first-order valence-electron chi connectivity index (χ1n) is 9.96. The number of pyridine rings is 1. The van der Waals surface area contributed by atoms with Crippen LogP contribution in [0.4, 0.5) is 0 Å². The molecule has 0 N–H and O–H groups in total. The number of esters is 2. The van der Waals surface area contributed by atoms with Crippen molar-refractivity contribution in [3.8, 4) is 0 Å². The summed E-state index contributed by atoms with van der Waals surface area (Å²) >= 11 is 0. The van der Waals surface area contributed by atoms with Crippen LogP contribution in [0.15, 0.2) is 18.3 Å². The Labute approximate surface area is 180 Å². The Kier molecular flexibility index (Phi) is 6.53. The van der Waals surface area contributed by atoms with Crippen LogP contribution in [0.3, 0.4) is 0 Å². The van der Waals surface area contributed by atoms with E-state index in [0.29, 0.717) is 30.6 Å². The minimum absolute atomic E-state index is 0.264. The first kappa shape index (κ1) is 22.2. The van der Waals surface area contributed by atoms with Gasteiger partial charge in [-0.2, -0.15) is 5.10 Å². The first-order valence-corrected chi connectivity index (χ1v) is 9.96. The van der Waals surface area contributed by atoms with Gasteiger partial charge in [0.05, 0.1) is 18.4 Å². The van der Waals surface area contributed by atoms with Gasteiger partial charge in [-0.25, -0.2) is 9.78 Å². The average Bonchev–Trinajstić information content (AvgIpc) is 3.20. The lowest BCUT2D eigenvalue weighted by molar-refractivity contribution is -0.140. The zero-order valence-corrected chi connectivity index (χ0v) is 18.4. The molecule has 0 saturated heterocycles. The Morgan fingerprint density at radius 3 is 2.58 bits per heavy atom. The number of Topliss-reactive ketones (excluding diaryl/α,β-unsaturated/α-hetero) is 1. The molecule has 0 aliphatic heterocycles. The van der Waals surface area contributed by atoms with Crippen molar-refractivity contribution in [1.82, 2.24) is 19.3 Å². The van der Waals surface area contributed by atoms with E-state index in [2.05, 4.69) is 14.8 Å². The van der Waals surface area contributed by atoms with Gasteiger partial charge in [0, 0.05) is 48.5 Å². The van der Waals surface area contributed by atoms with Gasteiger partial charge >= 0.3 is 11.9 Å². The predicted molar refractivity (Wildman–Crippen MR) is 113 cm³/mol. The highest BCUT2D eigenvalue weighted by Crippen LogP contribution is 2.19. The third kappa shape index (κ3) is 4.65. The van der Waals surface area contributed by atoms with E-state index in [4.69, 9.17) is 4.74 Å². The number of aromatic nitrogens is 4. The fraction of sp³-hybridized carbons (Fsp3) is 0.409. The fourth-order valence-corrected chi connectivity index (χ4v) is 3.62. The number of hydrogen-bond acceptors (Lipinski definition) is 7. The van der Waals surface area contributed by atoms with Crippen molar-refractivity contribution in [2.45, 2.75) is 40.2 Å². The van der Waals surface area contributed by atoms with Crippen LogP contribution in [0, 0.1) is 20.8 Å². The van der Waals surface area contributed by atoms with Gasteiger partial charge in [0.1, 0.15) is 0 Å². The summed E-state index contributed by atoms with van der Waals surface area (Å²) in [5.74, 6) is -1.16. The average molecular weight is 426 g/mol. The van der Waals surface area contributed by atoms with E-state index < -0.39 is 5.97 Å². The Morgan fingerprint density at radius 2 is 1.87 bits per heavy atom. The summed E-state index contributed by atoms with van der Waals surface area (Å²) in [4.78, 5) is 40.7. The van der Waals surface area contributed by atoms with Crippen LogP contribution in [0.2, 0.25) is 0 Å². The zero-order valence-electron chi connectivity index (χ0n) is 18.4. The van der Waals surface area contributed by atoms with E-state index in [1.54, 1.807) is 23.9 Å². The molecule has 9 nitrogen and oxygen atoms in total. The van der Waals surface area contributed by atoms with Crippen LogP contribution in [-0.4, -0.2) is 50.8 Å². The minimum atomic E-state index is -0.613. The van der Waals surface area contributed by atoms with Crippen LogP contribution < -0.4 is 0 Å². The largest absolute Gasteiger partial charge is 0.469 e. The van der Waals surface area contributed by atoms with Crippen molar-refractivity contribution in [1.29, 1.82) is 0 Å². The van der Waals surface area contributed by atoms with Crippen molar-refractivity contribution in [2.75, 3.05) is 13.7 Å². The topological polar surface area (TPSA) is 105 Å². The lowest BCUT2D eigenvalue weighted by Gasteiger charge is -2.09. The van der Waals surface area contributed by atoms with Gasteiger partial charge < -0.3 is 14.0 Å². The van der Waals surface area contributed by atoms with Crippen LogP contribution in [0.5, 0.6) is 0 Å². The number of ketones is 1. The number of methoxy groups -OCH3 is 1. The summed E-state index contributed by atoms with van der Waals surface area (Å²) in [5, 5.41) is 5.04. The van der Waals surface area contributed by atoms with Gasteiger partial charge in [-0.05, 0) is 39.3 Å². The number of carbonyl (C=O) groups is 3. The molecule has 0 aromatic carbocycles. The van der Waals surface area contributed by atoms with Gasteiger partial charge in [0.2, 0.25) is 5.78 Å². The molecule has 0 bridgehead atoms. The van der Waals surface area contributed by atoms with E-state index in [1.165, 1.54) is 13.3 Å². The highest BCUT2D eigenvalue weighted by molar-refractivity contribution is 6.01. The molecule has 3 aromatic heterocycles. The normalized spacial score (nSPS) is 11.0. The number of nitrogens with zero attached hydrogens (tertiary/aromatic N) is 4. The summed E-state index contributed by atoms with van der Waals surface area (Å²) in [6.07, 6.45) is 2.33. The standard InChI is InChI=1S/C22H26N4O5/c1-13-9-18(15(3)26(13)8-6-7-20(28)30-5)19(27)12-31-22(29)16-10-17-14(2)24-25(4)21(17)23-11-16/h9-11H,6-8,12H2,1-5H3. The summed E-state index contributed by atoms with van der Waals surface area (Å²) in [5.41, 5.74) is 3.88. The van der Waals surface area contributed by atoms with E-state index in [1.807, 2.05) is 25.3 Å². The molecule has 9 heteroatoms. The molecule has 164 valence electrons. The molecule has 3 aromatic rings. The Morgan fingerprint density at radius 1 is 1.13 bits per heavy atom. The second-order valence-corrected chi connectivity index (χ2v) is 7.42. The number of carbonyl (C=O) groups excluding carboxylic acids is 3. The third-order valence-corrected chi connectivity index (χ3v) is 5.30. The van der Waals surface area contributed by atoms with Gasteiger partial charge in [-0.3, -0.25) is 14.3 Å². The van der Waals surface area contributed by atoms with Crippen molar-refractivity contribution in [3.05, 3.63) is 46.5 Å². The maximum Gasteiger partial charge on any atom is 0.340 e. The monoisotopic (exact) mass is 426 g/mol. The Hall–Kier alpha value is -3.49. The van der Waals surface area contributed by atoms with Gasteiger partial charge in [-0.15, -0.1) is 0 Å². The first-order chi connectivity index (χ1) is 14.7. The Balaban J connectivity index is 1.65. The smallest absolute Gasteiger partial charge is 0.340 e. The molecule has 0 amide bonds. The third-order valence-electron chi connectivity index (χ3n) is 5.30. The van der Waals surface area contributed by atoms with E-state index in [9.17, 15) is 14.4 Å². The molecule has 0 unspecified atom stereocenters. The van der Waals surface area contributed by atoms with Crippen molar-refractivity contribution >= 4 is 28.8 Å². The quantitative estimate of drug-likeness (QED) is 0.403. The zero-order chi connectivity index (χ0) is 22.7. The van der Waals surface area contributed by atoms with Crippen molar-refractivity contribution < 1.29 is 23.9 Å². The molecule has 3 heterocycles. The second-order valence-electron chi connectivity index (χ2n) is 7.42. The maximum atomic E-state index is 12.7. The Bertz CT molecular complexity index is 1160. The number of rotatable bonds is 8. The summed E-state index contributed by atoms with van der Waals surface area (Å²) in [7, 11) is 3.14. The molecule has 0 aliphatic rings. The maximum absolute atomic E-state index is 12.7. The highest BCUT2D eigenvalue weighted by Gasteiger charge is 2.19. The van der Waals surface area contributed by atoms with Crippen LogP contribution in [0.25, 0.3) is 11.0 Å². The molecule has 0 saturated carbocycles. The predicted octanol–water partition coefficient (Wildman–Crippen LogP) is 2.69. The van der Waals surface area contributed by atoms with Crippen LogP contribution in [-0.2, 0) is 27.9 Å². The van der Waals surface area contributed by atoms with Crippen LogP contribution in [0.1, 0.15) is 50.6 Å². The van der Waals surface area contributed by atoms with Crippen molar-refractivity contribution in [3.63, 3.8) is 0 Å². The molecule has 0 spiro atoms. The van der Waals surface area contributed by atoms with Crippen molar-refractivity contribution in [2.24, 2.45) is 7.05 Å². The summed E-state index contributed by atoms with van der Waals surface area (Å²) in [6, 6.07) is 3.45. The van der Waals surface area contributed by atoms with E-state index in [0.717, 1.165) is 22.5 Å². The summed E-state index contributed by atoms with van der Waals surface area (Å²) in [6.45, 7) is 5.79. The minimum Gasteiger partial charge on any atom is -0.469 e. The highest BCUT2D eigenvalue weighted by atomic mass is 16.5. The molecule has 3 rings (SSSR count). The molecule has 0 fully saturated rings. The van der Waals surface area contributed by atoms with Crippen LogP contribution >= 0.6 is 0 Å². The summed E-state index contributed by atoms with van der Waals surface area (Å²) < 4.78 is 13.5. The second kappa shape index (κ2) is 9.11. The number of ether oxygens (including phenoxy) is 2. The number of hydrogen-bond donors (Lipinski definition) is 0. The molecule has 0 atom stereocenters. The molecule has 0 radical (unpaired) electrons. The number of fused-ring (bicyclic) bond motifs is 1. The molecular formula is C22H26N4O5. The lowest BCUT2D eigenvalue weighted by atomic mass is 10.1. The molecular weight excluding hydrogens is 400 g/mol.